The number of anilines is 3. The molecule has 0 radical (unpaired) electrons. The zero-order valence-corrected chi connectivity index (χ0v) is 42.9. The van der Waals surface area contributed by atoms with E-state index in [0.717, 1.165) is 61.8 Å². The number of piperidine rings is 2. The van der Waals surface area contributed by atoms with Crippen LogP contribution in [0.2, 0.25) is 0 Å². The SMILES string of the molecule is Cc1c(OCCOC2CCN(CC(=O)Nc3ccc4c(C5CCC(=O)NC5=O)nn(C)c4c3)CC2)cccc1-c1c(C(C)(C)C)cc(N2CCc3cccc(C(=O)Nc4nc5ccccc5s4)c3C2)nc1C(=O)O. The van der Waals surface area contributed by atoms with Crippen LogP contribution in [0.3, 0.4) is 0 Å². The van der Waals surface area contributed by atoms with Crippen LogP contribution >= 0.6 is 11.3 Å². The topological polar surface area (TPSA) is 210 Å². The van der Waals surface area contributed by atoms with Crippen LogP contribution in [-0.2, 0) is 44.5 Å². The van der Waals surface area contributed by atoms with Crippen LogP contribution in [-0.4, -0.2) is 105 Å². The lowest BCUT2D eigenvalue weighted by Gasteiger charge is -2.33. The minimum absolute atomic E-state index is 0.00907. The summed E-state index contributed by atoms with van der Waals surface area (Å²) < 4.78 is 15.3. The Morgan fingerprint density at radius 3 is 2.46 bits per heavy atom. The van der Waals surface area contributed by atoms with Gasteiger partial charge in [0.15, 0.2) is 10.8 Å². The summed E-state index contributed by atoms with van der Waals surface area (Å²) in [6, 6.07) is 26.7. The second kappa shape index (κ2) is 20.8. The van der Waals surface area contributed by atoms with E-state index in [1.54, 1.807) is 11.7 Å². The highest BCUT2D eigenvalue weighted by molar-refractivity contribution is 7.22. The summed E-state index contributed by atoms with van der Waals surface area (Å²) in [5.74, 6) is -1.49. The number of aromatic nitrogens is 4. The smallest absolute Gasteiger partial charge is 0.355 e. The largest absolute Gasteiger partial charge is 0.491 e. The van der Waals surface area contributed by atoms with Gasteiger partial charge in [0.05, 0.1) is 46.6 Å². The van der Waals surface area contributed by atoms with Crippen molar-refractivity contribution in [3.63, 3.8) is 0 Å². The Morgan fingerprint density at radius 2 is 1.69 bits per heavy atom. The van der Waals surface area contributed by atoms with E-state index in [2.05, 4.69) is 56.6 Å². The maximum absolute atomic E-state index is 13.8. The van der Waals surface area contributed by atoms with Crippen LogP contribution < -0.4 is 25.6 Å². The first-order chi connectivity index (χ1) is 35.6. The molecular formula is C56H59N9O8S. The number of aromatic carboxylic acids is 1. The minimum Gasteiger partial charge on any atom is -0.491 e. The third-order valence-corrected chi connectivity index (χ3v) is 15.2. The first-order valence-electron chi connectivity index (χ1n) is 25.1. The number of para-hydroxylation sites is 1. The number of carboxylic acid groups (broad SMARTS) is 1. The number of hydrogen-bond acceptors (Lipinski definition) is 13. The Morgan fingerprint density at radius 1 is 0.892 bits per heavy atom. The molecule has 0 bridgehead atoms. The van der Waals surface area contributed by atoms with E-state index in [-0.39, 0.29) is 55.0 Å². The third kappa shape index (κ3) is 10.5. The predicted octanol–water partition coefficient (Wildman–Crippen LogP) is 8.38. The van der Waals surface area contributed by atoms with Gasteiger partial charge in [-0.15, -0.1) is 0 Å². The minimum atomic E-state index is -1.14. The lowest BCUT2D eigenvalue weighted by atomic mass is 9.80. The molecule has 4 aromatic carbocycles. The first-order valence-corrected chi connectivity index (χ1v) is 25.9. The van der Waals surface area contributed by atoms with Gasteiger partial charge in [0.1, 0.15) is 18.2 Å². The number of amides is 4. The molecule has 0 spiro atoms. The van der Waals surface area contributed by atoms with Gasteiger partial charge >= 0.3 is 5.97 Å². The number of likely N-dealkylation sites (tertiary alicyclic amines) is 1. The van der Waals surface area contributed by atoms with Gasteiger partial charge in [0.2, 0.25) is 17.7 Å². The first kappa shape index (κ1) is 50.0. The van der Waals surface area contributed by atoms with E-state index >= 15 is 0 Å². The molecule has 4 N–H and O–H groups in total. The highest BCUT2D eigenvalue weighted by Gasteiger charge is 2.33. The zero-order valence-electron chi connectivity index (χ0n) is 42.1. The van der Waals surface area contributed by atoms with Crippen LogP contribution in [0.25, 0.3) is 32.2 Å². The lowest BCUT2D eigenvalue weighted by Crippen LogP contribution is -2.41. The molecule has 6 heterocycles. The number of aryl methyl sites for hydroxylation is 1. The van der Waals surface area contributed by atoms with Gasteiger partial charge in [-0.05, 0) is 114 Å². The van der Waals surface area contributed by atoms with Crippen molar-refractivity contribution in [2.45, 2.75) is 83.8 Å². The average Bonchev–Trinajstić information content (AvgIpc) is 3.94. The fraction of sp³-hybridized carbons (Fsp3) is 0.357. The number of hydrogen-bond donors (Lipinski definition) is 4. The molecule has 0 aliphatic carbocycles. The van der Waals surface area contributed by atoms with Crippen LogP contribution in [0.4, 0.5) is 16.6 Å². The monoisotopic (exact) mass is 1020 g/mol. The fourth-order valence-corrected chi connectivity index (χ4v) is 11.3. The van der Waals surface area contributed by atoms with Crippen molar-refractivity contribution in [2.75, 3.05) is 54.9 Å². The number of fused-ring (bicyclic) bond motifs is 3. The molecule has 382 valence electrons. The molecule has 2 saturated heterocycles. The van der Waals surface area contributed by atoms with Crippen molar-refractivity contribution in [3.8, 4) is 16.9 Å². The second-order valence-corrected chi connectivity index (χ2v) is 21.3. The molecule has 4 amide bonds. The number of nitrogens with zero attached hydrogens (tertiary/aromatic N) is 6. The molecule has 1 atom stereocenters. The Kier molecular flexibility index (Phi) is 14.0. The second-order valence-electron chi connectivity index (χ2n) is 20.3. The predicted molar refractivity (Wildman–Crippen MR) is 284 cm³/mol. The summed E-state index contributed by atoms with van der Waals surface area (Å²) in [6.45, 7) is 11.4. The molecule has 3 aromatic heterocycles. The van der Waals surface area contributed by atoms with Crippen molar-refractivity contribution >= 4 is 78.7 Å². The molecule has 3 aliphatic heterocycles. The van der Waals surface area contributed by atoms with Gasteiger partial charge in [-0.2, -0.15) is 5.10 Å². The number of carbonyl (C=O) groups is 5. The van der Waals surface area contributed by atoms with Crippen molar-refractivity contribution in [3.05, 3.63) is 124 Å². The van der Waals surface area contributed by atoms with Crippen LogP contribution in [0.1, 0.15) is 101 Å². The Bertz CT molecular complexity index is 3320. The van der Waals surface area contributed by atoms with Crippen molar-refractivity contribution in [1.29, 1.82) is 0 Å². The van der Waals surface area contributed by atoms with Gasteiger partial charge in [0.25, 0.3) is 5.91 Å². The van der Waals surface area contributed by atoms with Crippen molar-refractivity contribution in [1.82, 2.24) is 30.0 Å². The standard InChI is InChI=1S/C56H59N9O8S/c1-32-36(49-41(56(2,3)4)29-46(59-51(49)54(70)71)65-25-20-33-10-8-12-37(40(33)30-65)52(68)61-55-58-42-13-6-7-15-45(42)74-55)11-9-14-44(32)73-27-26-72-35-21-23-64(24-22-35)31-48(67)57-34-16-17-38-43(28-34)63(5)62-50(38)39-18-19-47(66)60-53(39)69/h6-17,28-29,35,39H,18-27,30-31H2,1-5H3,(H,57,67)(H,70,71)(H,58,61,68)(H,60,66,69). The van der Waals surface area contributed by atoms with Gasteiger partial charge in [0, 0.05) is 61.8 Å². The quantitative estimate of drug-likeness (QED) is 0.0597. The number of nitrogens with one attached hydrogen (secondary N) is 3. The summed E-state index contributed by atoms with van der Waals surface area (Å²) >= 11 is 1.42. The molecule has 0 saturated carbocycles. The summed E-state index contributed by atoms with van der Waals surface area (Å²) in [5.41, 5.74) is 7.67. The van der Waals surface area contributed by atoms with Gasteiger partial charge < -0.3 is 24.8 Å². The number of thiazole rings is 1. The molecule has 2 fully saturated rings. The number of carbonyl (C=O) groups excluding carboxylic acids is 4. The van der Waals surface area contributed by atoms with Crippen molar-refractivity contribution < 1.29 is 38.6 Å². The highest BCUT2D eigenvalue weighted by atomic mass is 32.1. The molecule has 7 aromatic rings. The Balaban J connectivity index is 0.753. The van der Waals surface area contributed by atoms with Crippen LogP contribution in [0, 0.1) is 6.92 Å². The molecular weight excluding hydrogens is 959 g/mol. The summed E-state index contributed by atoms with van der Waals surface area (Å²) in [4.78, 5) is 78.1. The zero-order chi connectivity index (χ0) is 51.8. The molecule has 18 heteroatoms. The number of carboxylic acids is 1. The maximum atomic E-state index is 13.8. The van der Waals surface area contributed by atoms with E-state index in [4.69, 9.17) is 14.5 Å². The normalized spacial score (nSPS) is 16.6. The number of rotatable bonds is 14. The third-order valence-electron chi connectivity index (χ3n) is 14.3. The summed E-state index contributed by atoms with van der Waals surface area (Å²) in [7, 11) is 1.79. The molecule has 10 rings (SSSR count). The Hall–Kier alpha value is -7.54. The van der Waals surface area contributed by atoms with E-state index in [0.29, 0.717) is 84.8 Å². The Labute approximate surface area is 432 Å². The van der Waals surface area contributed by atoms with Gasteiger partial charge in [-0.25, -0.2) is 14.8 Å². The lowest BCUT2D eigenvalue weighted by molar-refractivity contribution is -0.134. The van der Waals surface area contributed by atoms with E-state index in [9.17, 15) is 29.1 Å². The number of pyridine rings is 1. The van der Waals surface area contributed by atoms with Crippen molar-refractivity contribution in [2.24, 2.45) is 7.05 Å². The number of imide groups is 1. The maximum Gasteiger partial charge on any atom is 0.355 e. The summed E-state index contributed by atoms with van der Waals surface area (Å²) in [5, 5.41) is 25.2. The fourth-order valence-electron chi connectivity index (χ4n) is 10.4. The molecule has 1 unspecified atom stereocenters. The number of ether oxygens (including phenoxy) is 2. The van der Waals surface area contributed by atoms with E-state index in [1.165, 1.54) is 11.3 Å². The number of benzene rings is 4. The van der Waals surface area contributed by atoms with E-state index < -0.39 is 17.3 Å². The molecule has 74 heavy (non-hydrogen) atoms. The molecule has 3 aliphatic rings. The highest BCUT2D eigenvalue weighted by Crippen LogP contribution is 2.42. The average molecular weight is 1020 g/mol. The van der Waals surface area contributed by atoms with Crippen LogP contribution in [0.5, 0.6) is 5.75 Å². The van der Waals surface area contributed by atoms with Gasteiger partial charge in [-0.3, -0.25) is 39.4 Å². The van der Waals surface area contributed by atoms with E-state index in [1.807, 2.05) is 91.9 Å². The molecule has 17 nitrogen and oxygen atoms in total. The van der Waals surface area contributed by atoms with Gasteiger partial charge in [-0.1, -0.05) is 68.5 Å². The van der Waals surface area contributed by atoms with Crippen LogP contribution in [0.15, 0.2) is 84.9 Å². The summed E-state index contributed by atoms with van der Waals surface area (Å²) in [6.07, 6.45) is 2.85.